The van der Waals surface area contributed by atoms with Crippen LogP contribution in [0.25, 0.3) is 11.3 Å². The Hall–Kier alpha value is -1.82. The predicted molar refractivity (Wildman–Crippen MR) is 102 cm³/mol. The summed E-state index contributed by atoms with van der Waals surface area (Å²) in [6.45, 7) is 2.05. The lowest BCUT2D eigenvalue weighted by molar-refractivity contribution is 0.0950. The van der Waals surface area contributed by atoms with E-state index >= 15 is 0 Å². The van der Waals surface area contributed by atoms with E-state index in [-0.39, 0.29) is 5.91 Å². The molecule has 128 valence electrons. The molecule has 0 unspecified atom stereocenters. The molecule has 7 heteroatoms. The molecule has 0 radical (unpaired) electrons. The van der Waals surface area contributed by atoms with Crippen molar-refractivity contribution in [2.45, 2.75) is 13.5 Å². The fourth-order valence-electron chi connectivity index (χ4n) is 2.45. The Bertz CT molecular complexity index is 920. The largest absolute Gasteiger partial charge is 0.360 e. The number of aromatic nitrogens is 1. The first kappa shape index (κ1) is 18.0. The van der Waals surface area contributed by atoms with Gasteiger partial charge < -0.3 is 9.84 Å². The van der Waals surface area contributed by atoms with Gasteiger partial charge in [0.1, 0.15) is 17.0 Å². The smallest absolute Gasteiger partial charge is 0.257 e. The summed E-state index contributed by atoms with van der Waals surface area (Å²) in [5.41, 5.74) is 2.11. The van der Waals surface area contributed by atoms with Crippen molar-refractivity contribution in [3.05, 3.63) is 73.9 Å². The predicted octanol–water partition coefficient (Wildman–Crippen LogP) is 5.65. The number of rotatable bonds is 4. The van der Waals surface area contributed by atoms with Crippen LogP contribution in [0.4, 0.5) is 0 Å². The molecule has 1 aromatic heterocycles. The fourth-order valence-corrected chi connectivity index (χ4v) is 3.47. The molecule has 0 fully saturated rings. The Kier molecular flexibility index (Phi) is 5.47. The van der Waals surface area contributed by atoms with E-state index in [1.807, 2.05) is 24.3 Å². The Labute approximate surface area is 163 Å². The molecule has 3 aromatic rings. The van der Waals surface area contributed by atoms with Crippen LogP contribution >= 0.6 is 39.1 Å². The number of carbonyl (C=O) groups excluding carboxylic acids is 1. The van der Waals surface area contributed by atoms with Gasteiger partial charge in [0.2, 0.25) is 0 Å². The van der Waals surface area contributed by atoms with Gasteiger partial charge >= 0.3 is 0 Å². The number of nitrogens with one attached hydrogen (secondary N) is 1. The number of nitrogens with zero attached hydrogens (tertiary/aromatic N) is 1. The normalized spacial score (nSPS) is 10.7. The second-order valence-electron chi connectivity index (χ2n) is 5.37. The maximum absolute atomic E-state index is 12.7. The molecule has 0 atom stereocenters. The number of amides is 1. The van der Waals surface area contributed by atoms with E-state index in [0.29, 0.717) is 39.2 Å². The topological polar surface area (TPSA) is 55.1 Å². The van der Waals surface area contributed by atoms with Gasteiger partial charge in [-0.1, -0.05) is 62.5 Å². The summed E-state index contributed by atoms with van der Waals surface area (Å²) in [6, 6.07) is 12.8. The van der Waals surface area contributed by atoms with Crippen LogP contribution in [-0.4, -0.2) is 11.1 Å². The van der Waals surface area contributed by atoms with E-state index in [9.17, 15) is 4.79 Å². The van der Waals surface area contributed by atoms with E-state index in [2.05, 4.69) is 26.4 Å². The van der Waals surface area contributed by atoms with Crippen molar-refractivity contribution in [1.29, 1.82) is 0 Å². The van der Waals surface area contributed by atoms with Crippen molar-refractivity contribution in [2.24, 2.45) is 0 Å². The van der Waals surface area contributed by atoms with Crippen LogP contribution in [0.1, 0.15) is 21.7 Å². The molecule has 0 aliphatic heterocycles. The van der Waals surface area contributed by atoms with Gasteiger partial charge in [-0.25, -0.2) is 0 Å². The molecule has 3 rings (SSSR count). The molecule has 25 heavy (non-hydrogen) atoms. The second-order valence-corrected chi connectivity index (χ2v) is 7.10. The Morgan fingerprint density at radius 2 is 1.88 bits per heavy atom. The molecule has 0 saturated carbocycles. The van der Waals surface area contributed by atoms with Crippen LogP contribution in [0.3, 0.4) is 0 Å². The Morgan fingerprint density at radius 3 is 2.56 bits per heavy atom. The molecule has 1 amide bonds. The average molecular weight is 440 g/mol. The minimum Gasteiger partial charge on any atom is -0.360 e. The number of aryl methyl sites for hydroxylation is 1. The fraction of sp³-hybridized carbons (Fsp3) is 0.111. The third kappa shape index (κ3) is 3.89. The number of hydrogen-bond donors (Lipinski definition) is 1. The van der Waals surface area contributed by atoms with E-state index < -0.39 is 0 Å². The van der Waals surface area contributed by atoms with Crippen LogP contribution in [0.5, 0.6) is 0 Å². The van der Waals surface area contributed by atoms with E-state index in [4.69, 9.17) is 27.7 Å². The molecule has 0 aliphatic carbocycles. The molecule has 0 bridgehead atoms. The first-order valence-corrected chi connectivity index (χ1v) is 8.95. The van der Waals surface area contributed by atoms with Gasteiger partial charge in [0.25, 0.3) is 5.91 Å². The summed E-state index contributed by atoms with van der Waals surface area (Å²) in [4.78, 5) is 12.7. The average Bonchev–Trinajstić information content (AvgIpc) is 2.94. The van der Waals surface area contributed by atoms with Crippen molar-refractivity contribution < 1.29 is 9.32 Å². The molecule has 1 N–H and O–H groups in total. The molecule has 4 nitrogen and oxygen atoms in total. The van der Waals surface area contributed by atoms with Crippen molar-refractivity contribution in [3.63, 3.8) is 0 Å². The quantitative estimate of drug-likeness (QED) is 0.571. The highest BCUT2D eigenvalue weighted by atomic mass is 79.9. The van der Waals surface area contributed by atoms with Crippen molar-refractivity contribution in [2.75, 3.05) is 0 Å². The summed E-state index contributed by atoms with van der Waals surface area (Å²) in [7, 11) is 0. The van der Waals surface area contributed by atoms with Crippen LogP contribution in [0.15, 0.2) is 51.5 Å². The lowest BCUT2D eigenvalue weighted by Gasteiger charge is -2.08. The summed E-state index contributed by atoms with van der Waals surface area (Å²) >= 11 is 15.9. The van der Waals surface area contributed by atoms with Crippen molar-refractivity contribution in [1.82, 2.24) is 10.5 Å². The van der Waals surface area contributed by atoms with Gasteiger partial charge in [0.15, 0.2) is 0 Å². The molecule has 0 aliphatic rings. The van der Waals surface area contributed by atoms with Gasteiger partial charge in [0.05, 0.1) is 10.0 Å². The second kappa shape index (κ2) is 7.60. The van der Waals surface area contributed by atoms with Crippen LogP contribution in [0.2, 0.25) is 10.0 Å². The Morgan fingerprint density at radius 1 is 1.20 bits per heavy atom. The summed E-state index contributed by atoms with van der Waals surface area (Å²) < 4.78 is 6.16. The van der Waals surface area contributed by atoms with Crippen LogP contribution < -0.4 is 5.32 Å². The highest BCUT2D eigenvalue weighted by Gasteiger charge is 2.24. The van der Waals surface area contributed by atoms with Gasteiger partial charge in [-0.15, -0.1) is 0 Å². The molecule has 2 aromatic carbocycles. The zero-order chi connectivity index (χ0) is 18.0. The van der Waals surface area contributed by atoms with E-state index in [1.54, 1.807) is 25.1 Å². The SMILES string of the molecule is Cc1onc(-c2c(Cl)cccc2Cl)c1C(=O)NCc1cccc(Br)c1. The highest BCUT2D eigenvalue weighted by Crippen LogP contribution is 2.36. The zero-order valence-corrected chi connectivity index (χ0v) is 16.2. The molecular formula is C18H13BrCl2N2O2. The summed E-state index contributed by atoms with van der Waals surface area (Å²) in [6.07, 6.45) is 0. The summed E-state index contributed by atoms with van der Waals surface area (Å²) in [5.74, 6) is 0.0995. The molecule has 1 heterocycles. The maximum atomic E-state index is 12.7. The van der Waals surface area contributed by atoms with Crippen LogP contribution in [-0.2, 0) is 6.54 Å². The minimum absolute atomic E-state index is 0.301. The lowest BCUT2D eigenvalue weighted by Crippen LogP contribution is -2.23. The summed E-state index contributed by atoms with van der Waals surface area (Å²) in [5, 5.41) is 7.67. The standard InChI is InChI=1S/C18H13BrCl2N2O2/c1-10-15(18(24)22-9-11-4-2-5-12(19)8-11)17(23-25-10)16-13(20)6-3-7-14(16)21/h2-8H,9H2,1H3,(H,22,24). The number of benzene rings is 2. The zero-order valence-electron chi connectivity index (χ0n) is 13.1. The van der Waals surface area contributed by atoms with Gasteiger partial charge in [-0.05, 0) is 36.8 Å². The maximum Gasteiger partial charge on any atom is 0.257 e. The van der Waals surface area contributed by atoms with Crippen molar-refractivity contribution in [3.8, 4) is 11.3 Å². The van der Waals surface area contributed by atoms with Crippen LogP contribution in [0, 0.1) is 6.92 Å². The monoisotopic (exact) mass is 438 g/mol. The molecule has 0 spiro atoms. The molecular weight excluding hydrogens is 427 g/mol. The first-order valence-electron chi connectivity index (χ1n) is 7.40. The third-order valence-corrected chi connectivity index (χ3v) is 4.75. The molecule has 0 saturated heterocycles. The van der Waals surface area contributed by atoms with Gasteiger partial charge in [0, 0.05) is 16.6 Å². The van der Waals surface area contributed by atoms with Gasteiger partial charge in [-0.3, -0.25) is 4.79 Å². The third-order valence-electron chi connectivity index (χ3n) is 3.63. The first-order chi connectivity index (χ1) is 12.0. The van der Waals surface area contributed by atoms with Crippen molar-refractivity contribution >= 4 is 45.0 Å². The van der Waals surface area contributed by atoms with Gasteiger partial charge in [-0.2, -0.15) is 0 Å². The van der Waals surface area contributed by atoms with E-state index in [0.717, 1.165) is 10.0 Å². The number of halogens is 3. The highest BCUT2D eigenvalue weighted by molar-refractivity contribution is 9.10. The Balaban J connectivity index is 1.90. The number of hydrogen-bond acceptors (Lipinski definition) is 3. The van der Waals surface area contributed by atoms with E-state index in [1.165, 1.54) is 0 Å². The minimum atomic E-state index is -0.301. The number of carbonyl (C=O) groups is 1. The lowest BCUT2D eigenvalue weighted by atomic mass is 10.1.